The number of nitrogens with zero attached hydrogens (tertiary/aromatic N) is 1. The van der Waals surface area contributed by atoms with Gasteiger partial charge >= 0.3 is 0 Å². The first-order valence-electron chi connectivity index (χ1n) is 6.92. The molecule has 2 aromatic rings. The van der Waals surface area contributed by atoms with Crippen molar-refractivity contribution in [3.63, 3.8) is 0 Å². The number of aryl methyl sites for hydroxylation is 2. The summed E-state index contributed by atoms with van der Waals surface area (Å²) in [6.07, 6.45) is 0.923. The van der Waals surface area contributed by atoms with Crippen LogP contribution in [0.2, 0.25) is 0 Å². The van der Waals surface area contributed by atoms with Crippen molar-refractivity contribution in [1.82, 2.24) is 4.98 Å². The summed E-state index contributed by atoms with van der Waals surface area (Å²) in [6.45, 7) is 6.51. The Labute approximate surface area is 130 Å². The zero-order valence-corrected chi connectivity index (χ0v) is 14.1. The van der Waals surface area contributed by atoms with Crippen molar-refractivity contribution in [2.75, 3.05) is 17.6 Å². The van der Waals surface area contributed by atoms with Crippen molar-refractivity contribution in [1.29, 1.82) is 0 Å². The van der Waals surface area contributed by atoms with Crippen LogP contribution in [0.25, 0.3) is 0 Å². The lowest BCUT2D eigenvalue weighted by molar-refractivity contribution is 0.597. The van der Waals surface area contributed by atoms with E-state index in [4.69, 9.17) is 0 Å². The SMILES string of the molecule is CCS(=O)(=O)c1ccc(NCCc2sc(C)nc2C)cc1. The van der Waals surface area contributed by atoms with E-state index in [1.54, 1.807) is 30.4 Å². The fraction of sp³-hybridized carbons (Fsp3) is 0.400. The van der Waals surface area contributed by atoms with Crippen LogP contribution in [-0.4, -0.2) is 25.7 Å². The maximum atomic E-state index is 11.7. The summed E-state index contributed by atoms with van der Waals surface area (Å²) >= 11 is 1.73. The highest BCUT2D eigenvalue weighted by molar-refractivity contribution is 7.91. The normalized spacial score (nSPS) is 11.6. The Morgan fingerprint density at radius 3 is 2.38 bits per heavy atom. The quantitative estimate of drug-likeness (QED) is 0.886. The van der Waals surface area contributed by atoms with Crippen molar-refractivity contribution in [3.8, 4) is 0 Å². The minimum Gasteiger partial charge on any atom is -0.385 e. The molecule has 114 valence electrons. The van der Waals surface area contributed by atoms with Gasteiger partial charge < -0.3 is 5.32 Å². The number of hydrogen-bond donors (Lipinski definition) is 1. The minimum atomic E-state index is -3.12. The first kappa shape index (κ1) is 16.0. The summed E-state index contributed by atoms with van der Waals surface area (Å²) < 4.78 is 23.5. The predicted molar refractivity (Wildman–Crippen MR) is 88.0 cm³/mol. The summed E-state index contributed by atoms with van der Waals surface area (Å²) in [5, 5.41) is 4.40. The third-order valence-electron chi connectivity index (χ3n) is 3.27. The van der Waals surface area contributed by atoms with Crippen molar-refractivity contribution in [3.05, 3.63) is 39.8 Å². The number of aromatic nitrogens is 1. The molecule has 0 atom stereocenters. The fourth-order valence-corrected chi connectivity index (χ4v) is 3.89. The van der Waals surface area contributed by atoms with E-state index in [1.807, 2.05) is 26.0 Å². The Bertz CT molecular complexity index is 704. The first-order valence-corrected chi connectivity index (χ1v) is 9.39. The second-order valence-electron chi connectivity index (χ2n) is 4.85. The summed E-state index contributed by atoms with van der Waals surface area (Å²) in [6, 6.07) is 6.94. The Morgan fingerprint density at radius 1 is 1.19 bits per heavy atom. The molecule has 6 heteroatoms. The van der Waals surface area contributed by atoms with Crippen LogP contribution in [0.15, 0.2) is 29.2 Å². The Kier molecular flexibility index (Phi) is 5.00. The standard InChI is InChI=1S/C15H20N2O2S2/c1-4-21(18,19)14-7-5-13(6-8-14)16-10-9-15-11(2)17-12(3)20-15/h5-8,16H,4,9-10H2,1-3H3. The maximum Gasteiger partial charge on any atom is 0.178 e. The van der Waals surface area contributed by atoms with Crippen LogP contribution in [0.4, 0.5) is 5.69 Å². The molecule has 1 heterocycles. The van der Waals surface area contributed by atoms with E-state index in [-0.39, 0.29) is 5.75 Å². The molecule has 0 bridgehead atoms. The van der Waals surface area contributed by atoms with Crippen LogP contribution in [0.5, 0.6) is 0 Å². The van der Waals surface area contributed by atoms with Gasteiger partial charge in [0.15, 0.2) is 9.84 Å². The number of hydrogen-bond acceptors (Lipinski definition) is 5. The molecule has 0 aliphatic heterocycles. The average molecular weight is 324 g/mol. The van der Waals surface area contributed by atoms with Gasteiger partial charge in [-0.2, -0.15) is 0 Å². The molecule has 0 unspecified atom stereocenters. The van der Waals surface area contributed by atoms with E-state index in [0.29, 0.717) is 4.90 Å². The van der Waals surface area contributed by atoms with Crippen LogP contribution < -0.4 is 5.32 Å². The molecule has 0 amide bonds. The van der Waals surface area contributed by atoms with E-state index in [0.717, 1.165) is 29.4 Å². The number of nitrogens with one attached hydrogen (secondary N) is 1. The lowest BCUT2D eigenvalue weighted by Gasteiger charge is -2.07. The van der Waals surface area contributed by atoms with Crippen molar-refractivity contribution >= 4 is 26.9 Å². The molecule has 1 N–H and O–H groups in total. The fourth-order valence-electron chi connectivity index (χ4n) is 2.07. The monoisotopic (exact) mass is 324 g/mol. The highest BCUT2D eigenvalue weighted by Crippen LogP contribution is 2.19. The van der Waals surface area contributed by atoms with E-state index < -0.39 is 9.84 Å². The second kappa shape index (κ2) is 6.58. The summed E-state index contributed by atoms with van der Waals surface area (Å²) in [4.78, 5) is 6.08. The Balaban J connectivity index is 1.94. The van der Waals surface area contributed by atoms with Gasteiger partial charge in [0.25, 0.3) is 0 Å². The molecule has 0 saturated heterocycles. The van der Waals surface area contributed by atoms with Gasteiger partial charge in [-0.05, 0) is 38.1 Å². The Morgan fingerprint density at radius 2 is 1.86 bits per heavy atom. The highest BCUT2D eigenvalue weighted by Gasteiger charge is 2.10. The zero-order chi connectivity index (χ0) is 15.5. The molecule has 2 rings (SSSR count). The lowest BCUT2D eigenvalue weighted by atomic mass is 10.3. The molecule has 0 aliphatic carbocycles. The molecule has 0 saturated carbocycles. The molecular formula is C15H20N2O2S2. The Hall–Kier alpha value is -1.40. The average Bonchev–Trinajstić information content (AvgIpc) is 2.78. The number of benzene rings is 1. The van der Waals surface area contributed by atoms with Gasteiger partial charge in [-0.1, -0.05) is 6.92 Å². The van der Waals surface area contributed by atoms with Gasteiger partial charge in [0, 0.05) is 23.5 Å². The van der Waals surface area contributed by atoms with Crippen LogP contribution in [0, 0.1) is 13.8 Å². The molecule has 1 aromatic carbocycles. The van der Waals surface area contributed by atoms with E-state index >= 15 is 0 Å². The lowest BCUT2D eigenvalue weighted by Crippen LogP contribution is -2.06. The maximum absolute atomic E-state index is 11.7. The molecule has 0 spiro atoms. The second-order valence-corrected chi connectivity index (χ2v) is 8.41. The first-order chi connectivity index (χ1) is 9.92. The third kappa shape index (κ3) is 4.04. The molecule has 0 aliphatic rings. The predicted octanol–water partition coefficient (Wildman–Crippen LogP) is 3.21. The van der Waals surface area contributed by atoms with Crippen LogP contribution >= 0.6 is 11.3 Å². The summed E-state index contributed by atoms with van der Waals surface area (Å²) in [7, 11) is -3.12. The van der Waals surface area contributed by atoms with E-state index in [2.05, 4.69) is 10.3 Å². The van der Waals surface area contributed by atoms with Crippen molar-refractivity contribution in [2.24, 2.45) is 0 Å². The van der Waals surface area contributed by atoms with Gasteiger partial charge in [0.2, 0.25) is 0 Å². The molecule has 21 heavy (non-hydrogen) atoms. The van der Waals surface area contributed by atoms with Crippen molar-refractivity contribution in [2.45, 2.75) is 32.1 Å². The summed E-state index contributed by atoms with van der Waals surface area (Å²) in [5.41, 5.74) is 2.03. The zero-order valence-electron chi connectivity index (χ0n) is 12.5. The van der Waals surface area contributed by atoms with Crippen LogP contribution in [0.3, 0.4) is 0 Å². The number of anilines is 1. The minimum absolute atomic E-state index is 0.129. The van der Waals surface area contributed by atoms with E-state index in [1.165, 1.54) is 4.88 Å². The number of rotatable bonds is 6. The largest absolute Gasteiger partial charge is 0.385 e. The van der Waals surface area contributed by atoms with Gasteiger partial charge in [0.05, 0.1) is 21.3 Å². The number of sulfone groups is 1. The molecule has 0 fully saturated rings. The highest BCUT2D eigenvalue weighted by atomic mass is 32.2. The van der Waals surface area contributed by atoms with Gasteiger partial charge in [-0.15, -0.1) is 11.3 Å². The summed E-state index contributed by atoms with van der Waals surface area (Å²) in [5.74, 6) is 0.129. The topological polar surface area (TPSA) is 59.1 Å². The van der Waals surface area contributed by atoms with Crippen molar-refractivity contribution < 1.29 is 8.42 Å². The smallest absolute Gasteiger partial charge is 0.178 e. The third-order valence-corrected chi connectivity index (χ3v) is 6.16. The van der Waals surface area contributed by atoms with Gasteiger partial charge in [-0.3, -0.25) is 0 Å². The molecule has 0 radical (unpaired) electrons. The van der Waals surface area contributed by atoms with Gasteiger partial charge in [0.1, 0.15) is 0 Å². The molecular weight excluding hydrogens is 304 g/mol. The van der Waals surface area contributed by atoms with E-state index in [9.17, 15) is 8.42 Å². The molecule has 4 nitrogen and oxygen atoms in total. The molecule has 1 aromatic heterocycles. The van der Waals surface area contributed by atoms with Crippen LogP contribution in [-0.2, 0) is 16.3 Å². The number of thiazole rings is 1. The van der Waals surface area contributed by atoms with Gasteiger partial charge in [-0.25, -0.2) is 13.4 Å². The van der Waals surface area contributed by atoms with Crippen LogP contribution in [0.1, 0.15) is 22.5 Å².